The van der Waals surface area contributed by atoms with Crippen LogP contribution in [-0.4, -0.2) is 36.6 Å². The van der Waals surface area contributed by atoms with Crippen LogP contribution in [0.2, 0.25) is 0 Å². The summed E-state index contributed by atoms with van der Waals surface area (Å²) < 4.78 is 0. The predicted octanol–water partition coefficient (Wildman–Crippen LogP) is 3.42. The van der Waals surface area contributed by atoms with Crippen LogP contribution in [0.15, 0.2) is 0 Å². The molecule has 0 aromatic rings. The third kappa shape index (κ3) is 5.87. The summed E-state index contributed by atoms with van der Waals surface area (Å²) in [7, 11) is 0. The first kappa shape index (κ1) is 15.0. The van der Waals surface area contributed by atoms with Gasteiger partial charge in [-0.3, -0.25) is 0 Å². The van der Waals surface area contributed by atoms with Crippen molar-refractivity contribution in [2.24, 2.45) is 0 Å². The summed E-state index contributed by atoms with van der Waals surface area (Å²) in [6.07, 6.45) is 9.71. The van der Waals surface area contributed by atoms with Gasteiger partial charge in [0.25, 0.3) is 0 Å². The number of nitrogens with zero attached hydrogens (tertiary/aromatic N) is 1. The molecule has 0 heterocycles. The normalized spacial score (nSPS) is 19.1. The second-order valence-corrected chi connectivity index (χ2v) is 5.56. The molecule has 1 aliphatic carbocycles. The summed E-state index contributed by atoms with van der Waals surface area (Å²) in [6, 6.07) is 1.59. The highest BCUT2D eigenvalue weighted by Gasteiger charge is 2.20. The number of nitrogens with one attached hydrogen (secondary N) is 1. The first-order valence-electron chi connectivity index (χ1n) is 7.75. The summed E-state index contributed by atoms with van der Waals surface area (Å²) in [5, 5.41) is 3.58. The SMILES string of the molecule is CCCNC(C)CCCN(CC)C1CCCC1. The van der Waals surface area contributed by atoms with Crippen molar-refractivity contribution >= 4 is 0 Å². The Bertz CT molecular complexity index is 176. The number of rotatable bonds is 9. The quantitative estimate of drug-likeness (QED) is 0.664. The Morgan fingerprint density at radius 3 is 2.53 bits per heavy atom. The molecule has 0 aromatic heterocycles. The Labute approximate surface area is 108 Å². The van der Waals surface area contributed by atoms with E-state index in [0.29, 0.717) is 6.04 Å². The van der Waals surface area contributed by atoms with E-state index in [2.05, 4.69) is 31.0 Å². The zero-order chi connectivity index (χ0) is 12.5. The van der Waals surface area contributed by atoms with Gasteiger partial charge >= 0.3 is 0 Å². The van der Waals surface area contributed by atoms with Crippen molar-refractivity contribution in [3.05, 3.63) is 0 Å². The van der Waals surface area contributed by atoms with E-state index in [1.54, 1.807) is 0 Å². The standard InChI is InChI=1S/C15H32N2/c1-4-12-16-14(3)9-8-13-17(5-2)15-10-6-7-11-15/h14-16H,4-13H2,1-3H3. The molecule has 0 aliphatic heterocycles. The third-order valence-corrected chi connectivity index (χ3v) is 4.07. The molecule has 1 aliphatic rings. The second kappa shape index (κ2) is 8.93. The van der Waals surface area contributed by atoms with Crippen LogP contribution in [0.25, 0.3) is 0 Å². The number of hydrogen-bond acceptors (Lipinski definition) is 2. The third-order valence-electron chi connectivity index (χ3n) is 4.07. The second-order valence-electron chi connectivity index (χ2n) is 5.56. The lowest BCUT2D eigenvalue weighted by molar-refractivity contribution is 0.202. The van der Waals surface area contributed by atoms with Crippen molar-refractivity contribution in [2.75, 3.05) is 19.6 Å². The molecule has 1 fully saturated rings. The lowest BCUT2D eigenvalue weighted by atomic mass is 10.1. The van der Waals surface area contributed by atoms with Gasteiger partial charge in [0.05, 0.1) is 0 Å². The van der Waals surface area contributed by atoms with Gasteiger partial charge in [-0.15, -0.1) is 0 Å². The van der Waals surface area contributed by atoms with Gasteiger partial charge in [0.1, 0.15) is 0 Å². The first-order chi connectivity index (χ1) is 8.27. The minimum Gasteiger partial charge on any atom is -0.314 e. The summed E-state index contributed by atoms with van der Waals surface area (Å²) in [5.41, 5.74) is 0. The number of hydrogen-bond donors (Lipinski definition) is 1. The highest BCUT2D eigenvalue weighted by Crippen LogP contribution is 2.23. The van der Waals surface area contributed by atoms with E-state index < -0.39 is 0 Å². The van der Waals surface area contributed by atoms with Crippen molar-refractivity contribution in [1.82, 2.24) is 10.2 Å². The monoisotopic (exact) mass is 240 g/mol. The Kier molecular flexibility index (Phi) is 7.87. The highest BCUT2D eigenvalue weighted by molar-refractivity contribution is 4.77. The average molecular weight is 240 g/mol. The maximum absolute atomic E-state index is 3.58. The molecular weight excluding hydrogens is 208 g/mol. The van der Waals surface area contributed by atoms with Gasteiger partial charge in [-0.05, 0) is 58.7 Å². The van der Waals surface area contributed by atoms with E-state index >= 15 is 0 Å². The molecule has 1 N–H and O–H groups in total. The minimum atomic E-state index is 0.692. The van der Waals surface area contributed by atoms with E-state index in [9.17, 15) is 0 Å². The summed E-state index contributed by atoms with van der Waals surface area (Å²) >= 11 is 0. The maximum Gasteiger partial charge on any atom is 0.00951 e. The van der Waals surface area contributed by atoms with E-state index in [0.717, 1.165) is 6.04 Å². The smallest absolute Gasteiger partial charge is 0.00951 e. The topological polar surface area (TPSA) is 15.3 Å². The molecule has 102 valence electrons. The van der Waals surface area contributed by atoms with Gasteiger partial charge in [-0.2, -0.15) is 0 Å². The Hall–Kier alpha value is -0.0800. The van der Waals surface area contributed by atoms with Crippen molar-refractivity contribution in [3.8, 4) is 0 Å². The summed E-state index contributed by atoms with van der Waals surface area (Å²) in [5.74, 6) is 0. The molecule has 1 saturated carbocycles. The van der Waals surface area contributed by atoms with E-state index in [-0.39, 0.29) is 0 Å². The highest BCUT2D eigenvalue weighted by atomic mass is 15.1. The molecule has 17 heavy (non-hydrogen) atoms. The van der Waals surface area contributed by atoms with Gasteiger partial charge < -0.3 is 10.2 Å². The zero-order valence-electron chi connectivity index (χ0n) is 12.2. The predicted molar refractivity (Wildman–Crippen MR) is 76.5 cm³/mol. The average Bonchev–Trinajstić information content (AvgIpc) is 2.85. The fourth-order valence-corrected chi connectivity index (χ4v) is 2.96. The van der Waals surface area contributed by atoms with Crippen LogP contribution in [-0.2, 0) is 0 Å². The maximum atomic E-state index is 3.58. The van der Waals surface area contributed by atoms with Crippen LogP contribution in [0.4, 0.5) is 0 Å². The van der Waals surface area contributed by atoms with Gasteiger partial charge in [-0.25, -0.2) is 0 Å². The fraction of sp³-hybridized carbons (Fsp3) is 1.00. The van der Waals surface area contributed by atoms with Crippen LogP contribution in [0.5, 0.6) is 0 Å². The van der Waals surface area contributed by atoms with Gasteiger partial charge in [-0.1, -0.05) is 26.7 Å². The minimum absolute atomic E-state index is 0.692. The molecule has 1 rings (SSSR count). The molecule has 2 nitrogen and oxygen atoms in total. The zero-order valence-corrected chi connectivity index (χ0v) is 12.2. The van der Waals surface area contributed by atoms with Gasteiger partial charge in [0, 0.05) is 12.1 Å². The first-order valence-corrected chi connectivity index (χ1v) is 7.75. The van der Waals surface area contributed by atoms with Gasteiger partial charge in [0.15, 0.2) is 0 Å². The van der Waals surface area contributed by atoms with Crippen LogP contribution < -0.4 is 5.32 Å². The Balaban J connectivity index is 2.10. The van der Waals surface area contributed by atoms with Crippen molar-refractivity contribution in [3.63, 3.8) is 0 Å². The van der Waals surface area contributed by atoms with E-state index in [1.807, 2.05) is 0 Å². The summed E-state index contributed by atoms with van der Waals surface area (Å²) in [4.78, 5) is 2.71. The molecule has 0 amide bonds. The molecule has 1 atom stereocenters. The lowest BCUT2D eigenvalue weighted by Crippen LogP contribution is -2.35. The van der Waals surface area contributed by atoms with Crippen molar-refractivity contribution in [1.29, 1.82) is 0 Å². The van der Waals surface area contributed by atoms with E-state index in [4.69, 9.17) is 0 Å². The van der Waals surface area contributed by atoms with Crippen molar-refractivity contribution < 1.29 is 0 Å². The van der Waals surface area contributed by atoms with E-state index in [1.165, 1.54) is 64.6 Å². The van der Waals surface area contributed by atoms with Crippen LogP contribution in [0.3, 0.4) is 0 Å². The molecule has 0 spiro atoms. The van der Waals surface area contributed by atoms with Gasteiger partial charge in [0.2, 0.25) is 0 Å². The van der Waals surface area contributed by atoms with Crippen molar-refractivity contribution in [2.45, 2.75) is 77.8 Å². The largest absolute Gasteiger partial charge is 0.314 e. The summed E-state index contributed by atoms with van der Waals surface area (Å²) in [6.45, 7) is 10.6. The molecule has 2 heteroatoms. The molecule has 0 aromatic carbocycles. The Morgan fingerprint density at radius 2 is 1.94 bits per heavy atom. The molecular formula is C15H32N2. The Morgan fingerprint density at radius 1 is 1.24 bits per heavy atom. The van der Waals surface area contributed by atoms with Crippen LogP contribution >= 0.6 is 0 Å². The van der Waals surface area contributed by atoms with Crippen LogP contribution in [0, 0.1) is 0 Å². The fourth-order valence-electron chi connectivity index (χ4n) is 2.96. The molecule has 0 saturated heterocycles. The molecule has 1 unspecified atom stereocenters. The molecule has 0 bridgehead atoms. The lowest BCUT2D eigenvalue weighted by Gasteiger charge is -2.27. The molecule has 0 radical (unpaired) electrons. The van der Waals surface area contributed by atoms with Crippen LogP contribution in [0.1, 0.15) is 65.7 Å².